The minimum Gasteiger partial charge on any atom is -0.490 e. The lowest BCUT2D eigenvalue weighted by Gasteiger charge is -2.45. The topological polar surface area (TPSA) is 152 Å². The van der Waals surface area contributed by atoms with Gasteiger partial charge in [-0.3, -0.25) is 29.4 Å². The van der Waals surface area contributed by atoms with Gasteiger partial charge in [0.1, 0.15) is 23.7 Å². The molecule has 5 heterocycles. The highest BCUT2D eigenvalue weighted by molar-refractivity contribution is 6.33. The van der Waals surface area contributed by atoms with E-state index in [0.717, 1.165) is 68.3 Å². The van der Waals surface area contributed by atoms with Gasteiger partial charge >= 0.3 is 6.03 Å². The van der Waals surface area contributed by atoms with Crippen LogP contribution in [-0.4, -0.2) is 119 Å². The summed E-state index contributed by atoms with van der Waals surface area (Å²) in [6.07, 6.45) is 5.77. The zero-order valence-corrected chi connectivity index (χ0v) is 34.9. The van der Waals surface area contributed by atoms with Crippen LogP contribution in [0.3, 0.4) is 0 Å². The molecule has 2 aromatic carbocycles. The van der Waals surface area contributed by atoms with Crippen LogP contribution in [0.2, 0.25) is 5.02 Å². The number of hydrogen-bond acceptors (Lipinski definition) is 10. The Morgan fingerprint density at radius 1 is 0.983 bits per heavy atom. The van der Waals surface area contributed by atoms with E-state index in [0.29, 0.717) is 47.2 Å². The fraction of sp³-hybridized carbons (Fsp3) is 0.477. The number of rotatable bonds is 10. The second-order valence-electron chi connectivity index (χ2n) is 16.6. The fourth-order valence-electron chi connectivity index (χ4n) is 9.24. The number of imide groups is 2. The normalized spacial score (nSPS) is 24.6. The number of piperidine rings is 2. The average Bonchev–Trinajstić information content (AvgIpc) is 3.47. The number of carbonyl (C=O) groups is 5. The maximum absolute atomic E-state index is 13.4. The molecule has 15 nitrogen and oxygen atoms in total. The molecule has 1 aliphatic carbocycles. The third kappa shape index (κ3) is 8.23. The summed E-state index contributed by atoms with van der Waals surface area (Å²) in [5.41, 5.74) is 2.48. The van der Waals surface area contributed by atoms with Crippen molar-refractivity contribution in [1.29, 1.82) is 0 Å². The number of aromatic nitrogens is 1. The molecule has 0 spiro atoms. The summed E-state index contributed by atoms with van der Waals surface area (Å²) >= 11 is 6.32. The number of halogens is 1. The Bertz CT molecular complexity index is 2220. The summed E-state index contributed by atoms with van der Waals surface area (Å²) in [4.78, 5) is 81.8. The molecule has 1 saturated carbocycles. The van der Waals surface area contributed by atoms with Crippen molar-refractivity contribution in [2.75, 3.05) is 54.4 Å². The first-order chi connectivity index (χ1) is 28.9. The number of nitrogens with zero attached hydrogens (tertiary/aromatic N) is 7. The molecule has 16 heteroatoms. The van der Waals surface area contributed by atoms with Crippen molar-refractivity contribution in [3.63, 3.8) is 0 Å². The highest BCUT2D eigenvalue weighted by Gasteiger charge is 2.45. The summed E-state index contributed by atoms with van der Waals surface area (Å²) in [6.45, 7) is 18.5. The van der Waals surface area contributed by atoms with Crippen LogP contribution in [0.25, 0.3) is 4.85 Å². The maximum Gasteiger partial charge on any atom is 0.322 e. The summed E-state index contributed by atoms with van der Waals surface area (Å²) in [5.74, 6) is -0.115. The maximum atomic E-state index is 13.4. The number of fused-ring (bicyclic) bond motifs is 1. The van der Waals surface area contributed by atoms with Gasteiger partial charge in [0, 0.05) is 80.8 Å². The highest BCUT2D eigenvalue weighted by Crippen LogP contribution is 2.36. The molecular weight excluding hydrogens is 786 g/mol. The van der Waals surface area contributed by atoms with E-state index in [9.17, 15) is 24.0 Å². The van der Waals surface area contributed by atoms with Gasteiger partial charge in [-0.1, -0.05) is 24.6 Å². The van der Waals surface area contributed by atoms with Gasteiger partial charge in [0.25, 0.3) is 11.8 Å². The van der Waals surface area contributed by atoms with Crippen molar-refractivity contribution in [1.82, 2.24) is 25.0 Å². The van der Waals surface area contributed by atoms with Crippen LogP contribution in [0, 0.1) is 12.5 Å². The van der Waals surface area contributed by atoms with Gasteiger partial charge in [-0.05, 0) is 88.0 Å². The molecule has 6 amide bonds. The fourth-order valence-corrected chi connectivity index (χ4v) is 9.45. The summed E-state index contributed by atoms with van der Waals surface area (Å²) < 4.78 is 6.27. The Hall–Kier alpha value is -5.72. The van der Waals surface area contributed by atoms with Crippen LogP contribution in [0.5, 0.6) is 5.75 Å². The Morgan fingerprint density at radius 2 is 1.75 bits per heavy atom. The quantitative estimate of drug-likeness (QED) is 0.185. The lowest BCUT2D eigenvalue weighted by Crippen LogP contribution is -2.59. The van der Waals surface area contributed by atoms with Crippen molar-refractivity contribution < 1.29 is 28.7 Å². The number of urea groups is 1. The molecule has 3 atom stereocenters. The van der Waals surface area contributed by atoms with Gasteiger partial charge in [0.15, 0.2) is 0 Å². The number of pyridine rings is 1. The second-order valence-corrected chi connectivity index (χ2v) is 17.0. The minimum atomic E-state index is -0.999. The largest absolute Gasteiger partial charge is 0.490 e. The first-order valence-electron chi connectivity index (χ1n) is 20.9. The molecule has 8 rings (SSSR count). The number of piperazine rings is 1. The predicted molar refractivity (Wildman–Crippen MR) is 227 cm³/mol. The van der Waals surface area contributed by atoms with Crippen LogP contribution < -0.4 is 25.2 Å². The van der Waals surface area contributed by atoms with Gasteiger partial charge in [-0.25, -0.2) is 14.6 Å². The van der Waals surface area contributed by atoms with Gasteiger partial charge in [0.2, 0.25) is 17.5 Å². The van der Waals surface area contributed by atoms with Gasteiger partial charge in [-0.15, -0.1) is 0 Å². The van der Waals surface area contributed by atoms with Crippen LogP contribution >= 0.6 is 11.6 Å². The molecule has 4 fully saturated rings. The van der Waals surface area contributed by atoms with Crippen LogP contribution in [0.1, 0.15) is 80.0 Å². The molecule has 4 aliphatic heterocycles. The number of ether oxygens (including phenoxy) is 1. The van der Waals surface area contributed by atoms with Crippen LogP contribution in [0.4, 0.5) is 27.7 Å². The number of benzene rings is 2. The molecule has 314 valence electrons. The first kappa shape index (κ1) is 41.0. The number of anilines is 3. The Kier molecular flexibility index (Phi) is 11.7. The molecule has 5 aliphatic rings. The molecule has 0 radical (unpaired) electrons. The lowest BCUT2D eigenvalue weighted by molar-refractivity contribution is -0.136. The van der Waals surface area contributed by atoms with Gasteiger partial charge < -0.3 is 29.7 Å². The lowest BCUT2D eigenvalue weighted by atomic mass is 9.86. The van der Waals surface area contributed by atoms with Crippen molar-refractivity contribution in [3.05, 3.63) is 82.3 Å². The average molecular weight is 836 g/mol. The van der Waals surface area contributed by atoms with E-state index in [4.69, 9.17) is 27.9 Å². The van der Waals surface area contributed by atoms with E-state index < -0.39 is 29.7 Å². The minimum absolute atomic E-state index is 0.000620. The standard InChI is InChI=1S/C44H50ClN9O6/c1-5-50(31-18-33(19-31)60-32-8-9-34-35(21-32)43(58)54(42(34)57)38-11-13-40(55)49-41(38)56)25-28-14-16-51(17-15-28)39-12-6-29(22-47-39)48-44(59)53-24-26(2)52(23-27(53)3)30-7-10-37(46-4)36(45)20-30/h6-10,12,20-22,26-28,31,33,38H,5,11,13-19,23-25H2,1-3H3,(H,48,59)(H,49,55,56)/t26-,27+,31?,33?,38?/m0/s1. The van der Waals surface area contributed by atoms with Gasteiger partial charge in [-0.2, -0.15) is 0 Å². The summed E-state index contributed by atoms with van der Waals surface area (Å²) in [5, 5.41) is 5.70. The predicted octanol–water partition coefficient (Wildman–Crippen LogP) is 5.97. The second kappa shape index (κ2) is 17.1. The SMILES string of the molecule is [C-]#[N+]c1ccc(N2C[C@@H](C)N(C(=O)Nc3ccc(N4CCC(CN(CC)C5CC(Oc6ccc7c(c6)C(=O)N(C6CCC(=O)NC6=O)C7=O)C5)CC4)nc3)C[C@@H]2C)cc1Cl. The molecule has 2 N–H and O–H groups in total. The van der Waals surface area contributed by atoms with Crippen molar-refractivity contribution in [3.8, 4) is 5.75 Å². The Balaban J connectivity index is 0.771. The molecule has 0 bridgehead atoms. The van der Waals surface area contributed by atoms with Crippen LogP contribution in [-0.2, 0) is 9.59 Å². The van der Waals surface area contributed by atoms with Crippen molar-refractivity contribution in [2.45, 2.75) is 89.6 Å². The van der Waals surface area contributed by atoms with E-state index >= 15 is 0 Å². The van der Waals surface area contributed by atoms with Crippen LogP contribution in [0.15, 0.2) is 54.7 Å². The number of nitrogens with one attached hydrogen (secondary N) is 2. The first-order valence-corrected chi connectivity index (χ1v) is 21.3. The summed E-state index contributed by atoms with van der Waals surface area (Å²) in [6, 6.07) is 13.5. The Labute approximate surface area is 354 Å². The van der Waals surface area contributed by atoms with Crippen molar-refractivity contribution >= 4 is 64.1 Å². The van der Waals surface area contributed by atoms with Crippen molar-refractivity contribution in [2.24, 2.45) is 5.92 Å². The molecule has 3 aromatic rings. The number of carbonyl (C=O) groups excluding carboxylic acids is 5. The molecule has 60 heavy (non-hydrogen) atoms. The third-order valence-corrected chi connectivity index (χ3v) is 13.1. The van der Waals surface area contributed by atoms with E-state index in [1.807, 2.05) is 36.1 Å². The molecular formula is C44H50ClN9O6. The monoisotopic (exact) mass is 835 g/mol. The van der Waals surface area contributed by atoms with E-state index in [-0.39, 0.29) is 48.2 Å². The highest BCUT2D eigenvalue weighted by atomic mass is 35.5. The zero-order valence-electron chi connectivity index (χ0n) is 34.1. The van der Waals surface area contributed by atoms with E-state index in [1.165, 1.54) is 0 Å². The molecule has 1 aromatic heterocycles. The third-order valence-electron chi connectivity index (χ3n) is 12.8. The number of hydrogen-bond donors (Lipinski definition) is 2. The van der Waals surface area contributed by atoms with E-state index in [2.05, 4.69) is 44.0 Å². The summed E-state index contributed by atoms with van der Waals surface area (Å²) in [7, 11) is 0. The van der Waals surface area contributed by atoms with Gasteiger partial charge in [0.05, 0.1) is 29.6 Å². The van der Waals surface area contributed by atoms with E-state index in [1.54, 1.807) is 30.5 Å². The molecule has 1 unspecified atom stereocenters. The Morgan fingerprint density at radius 3 is 2.43 bits per heavy atom. The zero-order chi connectivity index (χ0) is 42.2. The smallest absolute Gasteiger partial charge is 0.322 e. The molecule has 3 saturated heterocycles. The number of amides is 6.